The first kappa shape index (κ1) is 15.7. The van der Waals surface area contributed by atoms with Gasteiger partial charge < -0.3 is 5.73 Å². The molecule has 108 valence electrons. The van der Waals surface area contributed by atoms with E-state index in [2.05, 4.69) is 71.4 Å². The molecule has 1 aromatic carbocycles. The molecule has 2 aromatic rings. The smallest absolute Gasteiger partial charge is 0.0471 e. The van der Waals surface area contributed by atoms with Crippen molar-refractivity contribution in [1.82, 2.24) is 4.90 Å². The average molecular weight is 353 g/mol. The lowest BCUT2D eigenvalue weighted by molar-refractivity contribution is 0.244. The lowest BCUT2D eigenvalue weighted by atomic mass is 10.00. The molecule has 0 aliphatic carbocycles. The number of nitrogens with zero attached hydrogens (tertiary/aromatic N) is 1. The zero-order valence-electron chi connectivity index (χ0n) is 12.2. The summed E-state index contributed by atoms with van der Waals surface area (Å²) in [5.74, 6) is 0. The Hall–Kier alpha value is -0.680. The molecule has 2 nitrogen and oxygen atoms in total. The van der Waals surface area contributed by atoms with Gasteiger partial charge in [-0.15, -0.1) is 11.3 Å². The van der Waals surface area contributed by atoms with Crippen LogP contribution in [0.2, 0.25) is 0 Å². The van der Waals surface area contributed by atoms with Gasteiger partial charge in [0.05, 0.1) is 0 Å². The van der Waals surface area contributed by atoms with Crippen LogP contribution in [0.4, 0.5) is 0 Å². The molecule has 1 heterocycles. The first-order chi connectivity index (χ1) is 9.51. The number of thiophene rings is 1. The summed E-state index contributed by atoms with van der Waals surface area (Å²) in [6.07, 6.45) is 0. The van der Waals surface area contributed by atoms with Gasteiger partial charge in [0.2, 0.25) is 0 Å². The monoisotopic (exact) mass is 352 g/mol. The Bertz CT molecular complexity index is 580. The summed E-state index contributed by atoms with van der Waals surface area (Å²) < 4.78 is 1.15. The second-order valence-corrected chi connectivity index (χ2v) is 7.15. The predicted octanol–water partition coefficient (Wildman–Crippen LogP) is 4.26. The minimum Gasteiger partial charge on any atom is -0.329 e. The van der Waals surface area contributed by atoms with Gasteiger partial charge in [-0.05, 0) is 59.6 Å². The number of benzene rings is 1. The Morgan fingerprint density at radius 3 is 2.55 bits per heavy atom. The molecule has 1 unspecified atom stereocenters. The maximum absolute atomic E-state index is 6.01. The molecule has 0 aliphatic rings. The lowest BCUT2D eigenvalue weighted by Gasteiger charge is -2.27. The molecule has 0 saturated carbocycles. The Morgan fingerprint density at radius 1 is 1.25 bits per heavy atom. The van der Waals surface area contributed by atoms with Crippen LogP contribution < -0.4 is 5.73 Å². The molecule has 0 radical (unpaired) electrons. The summed E-state index contributed by atoms with van der Waals surface area (Å²) in [7, 11) is 2.14. The Balaban J connectivity index is 2.16. The van der Waals surface area contributed by atoms with Gasteiger partial charge >= 0.3 is 0 Å². The van der Waals surface area contributed by atoms with Gasteiger partial charge in [0, 0.05) is 33.9 Å². The van der Waals surface area contributed by atoms with Crippen molar-refractivity contribution in [3.63, 3.8) is 0 Å². The SMILES string of the molecule is Cc1ccc(C(CN)N(C)Cc2cc(Br)cs2)cc1C. The van der Waals surface area contributed by atoms with Gasteiger partial charge in [-0.1, -0.05) is 18.2 Å². The van der Waals surface area contributed by atoms with Crippen LogP contribution in [0.15, 0.2) is 34.1 Å². The van der Waals surface area contributed by atoms with Gasteiger partial charge in [0.15, 0.2) is 0 Å². The topological polar surface area (TPSA) is 29.3 Å². The molecule has 20 heavy (non-hydrogen) atoms. The van der Waals surface area contributed by atoms with E-state index in [1.165, 1.54) is 21.6 Å². The Kier molecular flexibility index (Phi) is 5.38. The molecule has 0 aliphatic heterocycles. The highest BCUT2D eigenvalue weighted by Crippen LogP contribution is 2.26. The number of aryl methyl sites for hydroxylation is 2. The van der Waals surface area contributed by atoms with Crippen molar-refractivity contribution >= 4 is 27.3 Å². The number of hydrogen-bond donors (Lipinski definition) is 1. The number of hydrogen-bond acceptors (Lipinski definition) is 3. The van der Waals surface area contributed by atoms with Crippen molar-refractivity contribution in [2.45, 2.75) is 26.4 Å². The molecule has 1 aromatic heterocycles. The Morgan fingerprint density at radius 2 is 2.00 bits per heavy atom. The Labute approximate surface area is 133 Å². The molecule has 2 N–H and O–H groups in total. The fourth-order valence-electron chi connectivity index (χ4n) is 2.34. The van der Waals surface area contributed by atoms with E-state index in [0.717, 1.165) is 11.0 Å². The largest absolute Gasteiger partial charge is 0.329 e. The summed E-state index contributed by atoms with van der Waals surface area (Å²) in [5, 5.41) is 2.12. The molecule has 0 bridgehead atoms. The number of likely N-dealkylation sites (N-methyl/N-ethyl adjacent to an activating group) is 1. The van der Waals surface area contributed by atoms with Crippen molar-refractivity contribution in [2.24, 2.45) is 5.73 Å². The highest BCUT2D eigenvalue weighted by Gasteiger charge is 2.16. The number of rotatable bonds is 5. The van der Waals surface area contributed by atoms with Crippen molar-refractivity contribution in [1.29, 1.82) is 0 Å². The highest BCUT2D eigenvalue weighted by molar-refractivity contribution is 9.10. The zero-order valence-corrected chi connectivity index (χ0v) is 14.6. The number of halogens is 1. The fourth-order valence-corrected chi connectivity index (χ4v) is 3.85. The molecule has 0 spiro atoms. The lowest BCUT2D eigenvalue weighted by Crippen LogP contribution is -2.30. The van der Waals surface area contributed by atoms with Gasteiger partial charge in [0.25, 0.3) is 0 Å². The molecule has 1 atom stereocenters. The van der Waals surface area contributed by atoms with Gasteiger partial charge in [0.1, 0.15) is 0 Å². The van der Waals surface area contributed by atoms with Crippen molar-refractivity contribution in [2.75, 3.05) is 13.6 Å². The first-order valence-corrected chi connectivity index (χ1v) is 8.39. The second kappa shape index (κ2) is 6.85. The van der Waals surface area contributed by atoms with E-state index in [-0.39, 0.29) is 6.04 Å². The van der Waals surface area contributed by atoms with E-state index >= 15 is 0 Å². The van der Waals surface area contributed by atoms with Crippen LogP contribution in [-0.4, -0.2) is 18.5 Å². The molecular formula is C16H21BrN2S. The summed E-state index contributed by atoms with van der Waals surface area (Å²) >= 11 is 5.28. The van der Waals surface area contributed by atoms with Crippen molar-refractivity contribution in [3.05, 3.63) is 55.7 Å². The molecule has 0 amide bonds. The average Bonchev–Trinajstić information content (AvgIpc) is 2.80. The van der Waals surface area contributed by atoms with E-state index < -0.39 is 0 Å². The van der Waals surface area contributed by atoms with Crippen molar-refractivity contribution in [3.8, 4) is 0 Å². The summed E-state index contributed by atoms with van der Waals surface area (Å²) in [6.45, 7) is 5.85. The highest BCUT2D eigenvalue weighted by atomic mass is 79.9. The van der Waals surface area contributed by atoms with E-state index in [1.807, 2.05) is 0 Å². The fraction of sp³-hybridized carbons (Fsp3) is 0.375. The quantitative estimate of drug-likeness (QED) is 0.870. The maximum atomic E-state index is 6.01. The molecule has 2 rings (SSSR count). The van der Waals surface area contributed by atoms with Crippen LogP contribution in [0.25, 0.3) is 0 Å². The van der Waals surface area contributed by atoms with Crippen LogP contribution in [-0.2, 0) is 6.54 Å². The third-order valence-electron chi connectivity index (χ3n) is 3.70. The van der Waals surface area contributed by atoms with E-state index in [1.54, 1.807) is 11.3 Å². The van der Waals surface area contributed by atoms with E-state index in [9.17, 15) is 0 Å². The van der Waals surface area contributed by atoms with E-state index in [4.69, 9.17) is 5.73 Å². The van der Waals surface area contributed by atoms with Crippen LogP contribution >= 0.6 is 27.3 Å². The van der Waals surface area contributed by atoms with Crippen LogP contribution in [0.1, 0.15) is 27.6 Å². The minimum absolute atomic E-state index is 0.259. The third kappa shape index (κ3) is 3.70. The van der Waals surface area contributed by atoms with E-state index in [0.29, 0.717) is 6.54 Å². The van der Waals surface area contributed by atoms with Crippen LogP contribution in [0.5, 0.6) is 0 Å². The maximum Gasteiger partial charge on any atom is 0.0471 e. The van der Waals surface area contributed by atoms with Crippen LogP contribution in [0, 0.1) is 13.8 Å². The summed E-state index contributed by atoms with van der Waals surface area (Å²) in [6, 6.07) is 9.07. The second-order valence-electron chi connectivity index (χ2n) is 5.24. The molecule has 4 heteroatoms. The molecular weight excluding hydrogens is 332 g/mol. The number of nitrogens with two attached hydrogens (primary N) is 1. The normalized spacial score (nSPS) is 12.9. The summed E-state index contributed by atoms with van der Waals surface area (Å²) in [5.41, 5.74) is 9.96. The third-order valence-corrected chi connectivity index (χ3v) is 5.38. The van der Waals surface area contributed by atoms with Gasteiger partial charge in [-0.3, -0.25) is 4.90 Å². The van der Waals surface area contributed by atoms with Gasteiger partial charge in [-0.2, -0.15) is 0 Å². The van der Waals surface area contributed by atoms with Crippen molar-refractivity contribution < 1.29 is 0 Å². The first-order valence-electron chi connectivity index (χ1n) is 6.71. The minimum atomic E-state index is 0.259. The molecule has 0 fully saturated rings. The van der Waals surface area contributed by atoms with Crippen LogP contribution in [0.3, 0.4) is 0 Å². The van der Waals surface area contributed by atoms with Gasteiger partial charge in [-0.25, -0.2) is 0 Å². The summed E-state index contributed by atoms with van der Waals surface area (Å²) in [4.78, 5) is 3.67. The standard InChI is InChI=1S/C16H21BrN2S/c1-11-4-5-13(6-12(11)2)16(8-18)19(3)9-15-7-14(17)10-20-15/h4-7,10,16H,8-9,18H2,1-3H3. The molecule has 0 saturated heterocycles. The predicted molar refractivity (Wildman–Crippen MR) is 91.2 cm³/mol. The zero-order chi connectivity index (χ0) is 14.7.